The zero-order valence-corrected chi connectivity index (χ0v) is 16.4. The van der Waals surface area contributed by atoms with Gasteiger partial charge in [0.05, 0.1) is 6.21 Å². The summed E-state index contributed by atoms with van der Waals surface area (Å²) in [4.78, 5) is 12.4. The van der Waals surface area contributed by atoms with Gasteiger partial charge in [-0.05, 0) is 48.6 Å². The zero-order chi connectivity index (χ0) is 19.8. The van der Waals surface area contributed by atoms with Gasteiger partial charge in [0.25, 0.3) is 0 Å². The third-order valence-corrected chi connectivity index (χ3v) is 5.86. The molecule has 1 aliphatic rings. The van der Waals surface area contributed by atoms with Gasteiger partial charge in [0.1, 0.15) is 0 Å². The lowest BCUT2D eigenvalue weighted by molar-refractivity contribution is -0.122. The van der Waals surface area contributed by atoms with Gasteiger partial charge in [-0.25, -0.2) is 5.43 Å². The van der Waals surface area contributed by atoms with Crippen molar-refractivity contribution in [2.24, 2.45) is 11.0 Å². The first-order valence-electron chi connectivity index (χ1n) is 10.1. The Balaban J connectivity index is 1.32. The molecule has 29 heavy (non-hydrogen) atoms. The smallest absolute Gasteiger partial charge is 0.243 e. The Morgan fingerprint density at radius 2 is 1.79 bits per heavy atom. The number of nitrogens with zero attached hydrogens (tertiary/aromatic N) is 2. The van der Waals surface area contributed by atoms with Crippen molar-refractivity contribution in [2.75, 3.05) is 0 Å². The molecule has 1 N–H and O–H groups in total. The summed E-state index contributed by atoms with van der Waals surface area (Å²) >= 11 is 0. The Morgan fingerprint density at radius 3 is 2.62 bits per heavy atom. The predicted molar refractivity (Wildman–Crippen MR) is 118 cm³/mol. The molecule has 4 nitrogen and oxygen atoms in total. The largest absolute Gasteiger partial charge is 0.341 e. The van der Waals surface area contributed by atoms with Crippen molar-refractivity contribution in [1.29, 1.82) is 0 Å². The monoisotopic (exact) mass is 381 g/mol. The molecule has 0 saturated heterocycles. The van der Waals surface area contributed by atoms with Gasteiger partial charge in [0.2, 0.25) is 5.91 Å². The quantitative estimate of drug-likeness (QED) is 0.381. The SMILES string of the molecule is CCn1c2ccccc2c2cc(/C=N/NC(=O)C3CC3c3ccccc3)ccc21. The fourth-order valence-corrected chi connectivity index (χ4v) is 4.30. The van der Waals surface area contributed by atoms with Crippen LogP contribution in [0.4, 0.5) is 0 Å². The van der Waals surface area contributed by atoms with Gasteiger partial charge in [-0.3, -0.25) is 4.79 Å². The molecule has 1 aliphatic carbocycles. The molecular weight excluding hydrogens is 358 g/mol. The molecular formula is C25H23N3O. The normalized spacial score (nSPS) is 18.5. The van der Waals surface area contributed by atoms with Crippen LogP contribution in [0.15, 0.2) is 77.9 Å². The lowest BCUT2D eigenvalue weighted by Gasteiger charge is -2.03. The van der Waals surface area contributed by atoms with Gasteiger partial charge < -0.3 is 4.57 Å². The van der Waals surface area contributed by atoms with Crippen molar-refractivity contribution in [3.63, 3.8) is 0 Å². The number of hydrogen-bond donors (Lipinski definition) is 1. The summed E-state index contributed by atoms with van der Waals surface area (Å²) in [5.41, 5.74) is 7.39. The van der Waals surface area contributed by atoms with Crippen LogP contribution in [0.5, 0.6) is 0 Å². The van der Waals surface area contributed by atoms with Crippen LogP contribution in [-0.4, -0.2) is 16.7 Å². The summed E-state index contributed by atoms with van der Waals surface area (Å²) in [6.45, 7) is 3.09. The second kappa shape index (κ2) is 7.21. The molecule has 1 amide bonds. The first-order valence-corrected chi connectivity index (χ1v) is 10.1. The van der Waals surface area contributed by atoms with Crippen LogP contribution in [0.25, 0.3) is 21.8 Å². The summed E-state index contributed by atoms with van der Waals surface area (Å²) < 4.78 is 2.32. The number of hydrogen-bond acceptors (Lipinski definition) is 2. The first-order chi connectivity index (χ1) is 14.3. The Hall–Kier alpha value is -3.40. The average Bonchev–Trinajstić information content (AvgIpc) is 3.51. The molecule has 1 heterocycles. The molecule has 4 aromatic rings. The molecule has 0 aliphatic heterocycles. The number of amides is 1. The summed E-state index contributed by atoms with van der Waals surface area (Å²) in [7, 11) is 0. The molecule has 3 aromatic carbocycles. The Bertz CT molecular complexity index is 1220. The van der Waals surface area contributed by atoms with Crippen LogP contribution in [0.1, 0.15) is 30.4 Å². The number of para-hydroxylation sites is 1. The van der Waals surface area contributed by atoms with Crippen LogP contribution < -0.4 is 5.43 Å². The molecule has 144 valence electrons. The molecule has 2 unspecified atom stereocenters. The molecule has 0 spiro atoms. The average molecular weight is 381 g/mol. The molecule has 1 aromatic heterocycles. The molecule has 0 bridgehead atoms. The van der Waals surface area contributed by atoms with Gasteiger partial charge in [-0.2, -0.15) is 5.10 Å². The van der Waals surface area contributed by atoms with Crippen LogP contribution in [0, 0.1) is 5.92 Å². The highest BCUT2D eigenvalue weighted by molar-refractivity contribution is 6.09. The predicted octanol–water partition coefficient (Wildman–Crippen LogP) is 5.07. The third-order valence-electron chi connectivity index (χ3n) is 5.86. The van der Waals surface area contributed by atoms with Gasteiger partial charge in [-0.1, -0.05) is 54.6 Å². The molecule has 0 radical (unpaired) electrons. The number of rotatable bonds is 5. The highest BCUT2D eigenvalue weighted by Gasteiger charge is 2.43. The fraction of sp³-hybridized carbons (Fsp3) is 0.200. The summed E-state index contributed by atoms with van der Waals surface area (Å²) in [6, 6.07) is 25.0. The van der Waals surface area contributed by atoms with Crippen LogP contribution in [0.3, 0.4) is 0 Å². The van der Waals surface area contributed by atoms with E-state index < -0.39 is 0 Å². The van der Waals surface area contributed by atoms with Crippen molar-refractivity contribution in [2.45, 2.75) is 25.8 Å². The standard InChI is InChI=1S/C25H23N3O/c1-2-28-23-11-7-6-10-19(23)21-14-17(12-13-24(21)28)16-26-27-25(29)22-15-20(22)18-8-4-3-5-9-18/h3-14,16,20,22H,2,15H2,1H3,(H,27,29)/b26-16+. The van der Waals surface area contributed by atoms with E-state index in [-0.39, 0.29) is 11.8 Å². The van der Waals surface area contributed by atoms with Crippen molar-refractivity contribution in [3.8, 4) is 0 Å². The minimum Gasteiger partial charge on any atom is -0.341 e. The lowest BCUT2D eigenvalue weighted by Crippen LogP contribution is -2.20. The van der Waals surface area contributed by atoms with Crippen molar-refractivity contribution >= 4 is 33.9 Å². The maximum absolute atomic E-state index is 12.4. The minimum absolute atomic E-state index is 0.00114. The number of fused-ring (bicyclic) bond motifs is 3. The molecule has 5 rings (SSSR count). The second-order valence-corrected chi connectivity index (χ2v) is 7.63. The fourth-order valence-electron chi connectivity index (χ4n) is 4.30. The van der Waals surface area contributed by atoms with E-state index >= 15 is 0 Å². The van der Waals surface area contributed by atoms with Crippen LogP contribution in [0.2, 0.25) is 0 Å². The van der Waals surface area contributed by atoms with Crippen molar-refractivity contribution in [3.05, 3.63) is 83.9 Å². The van der Waals surface area contributed by atoms with Gasteiger partial charge in [-0.15, -0.1) is 0 Å². The Kier molecular flexibility index (Phi) is 4.39. The van der Waals surface area contributed by atoms with E-state index in [1.807, 2.05) is 24.3 Å². The Labute approximate surface area is 169 Å². The molecule has 2 atom stereocenters. The van der Waals surface area contributed by atoms with Crippen molar-refractivity contribution < 1.29 is 4.79 Å². The zero-order valence-electron chi connectivity index (χ0n) is 16.4. The number of aryl methyl sites for hydroxylation is 1. The molecule has 1 fully saturated rings. The number of carbonyl (C=O) groups is 1. The maximum atomic E-state index is 12.4. The number of hydrazone groups is 1. The first kappa shape index (κ1) is 17.7. The summed E-state index contributed by atoms with van der Waals surface area (Å²) in [5, 5.41) is 6.67. The van der Waals surface area contributed by atoms with E-state index in [1.54, 1.807) is 6.21 Å². The highest BCUT2D eigenvalue weighted by Crippen LogP contribution is 2.47. The van der Waals surface area contributed by atoms with Crippen LogP contribution >= 0.6 is 0 Å². The molecule has 4 heteroatoms. The minimum atomic E-state index is -0.00114. The summed E-state index contributed by atoms with van der Waals surface area (Å²) in [5.74, 6) is 0.348. The van der Waals surface area contributed by atoms with Gasteiger partial charge in [0, 0.05) is 34.3 Å². The number of benzene rings is 3. The Morgan fingerprint density at radius 1 is 1.03 bits per heavy atom. The van der Waals surface area contributed by atoms with E-state index in [9.17, 15) is 4.79 Å². The lowest BCUT2D eigenvalue weighted by atomic mass is 10.1. The molecule has 1 saturated carbocycles. The highest BCUT2D eigenvalue weighted by atomic mass is 16.2. The van der Waals surface area contributed by atoms with Crippen molar-refractivity contribution in [1.82, 2.24) is 9.99 Å². The van der Waals surface area contributed by atoms with Gasteiger partial charge in [0.15, 0.2) is 0 Å². The maximum Gasteiger partial charge on any atom is 0.243 e. The number of nitrogens with one attached hydrogen (secondary N) is 1. The van der Waals surface area contributed by atoms with Crippen LogP contribution in [-0.2, 0) is 11.3 Å². The van der Waals surface area contributed by atoms with E-state index in [0.29, 0.717) is 5.92 Å². The van der Waals surface area contributed by atoms with E-state index in [4.69, 9.17) is 0 Å². The summed E-state index contributed by atoms with van der Waals surface area (Å²) in [6.07, 6.45) is 2.63. The second-order valence-electron chi connectivity index (χ2n) is 7.63. The number of carbonyl (C=O) groups excluding carboxylic acids is 1. The van der Waals surface area contributed by atoms with E-state index in [2.05, 4.69) is 70.5 Å². The topological polar surface area (TPSA) is 46.4 Å². The van der Waals surface area contributed by atoms with E-state index in [0.717, 1.165) is 18.5 Å². The van der Waals surface area contributed by atoms with Gasteiger partial charge >= 0.3 is 0 Å². The third kappa shape index (κ3) is 3.21. The number of aromatic nitrogens is 1. The van der Waals surface area contributed by atoms with E-state index in [1.165, 1.54) is 27.4 Å².